The summed E-state index contributed by atoms with van der Waals surface area (Å²) in [4.78, 5) is 1.16. The maximum atomic E-state index is 6.16. The summed E-state index contributed by atoms with van der Waals surface area (Å²) in [5, 5.41) is 0.825. The second-order valence-corrected chi connectivity index (χ2v) is 5.26. The number of hydrogen-bond donors (Lipinski definition) is 1. The molecule has 0 bridgehead atoms. The van der Waals surface area contributed by atoms with E-state index < -0.39 is 0 Å². The molecule has 0 radical (unpaired) electrons. The highest BCUT2D eigenvalue weighted by atomic mass is 35.5. The second kappa shape index (κ2) is 6.41. The molecule has 0 saturated carbocycles. The van der Waals surface area contributed by atoms with Gasteiger partial charge in [-0.2, -0.15) is 0 Å². The molecule has 0 aliphatic rings. The van der Waals surface area contributed by atoms with Crippen LogP contribution in [0.2, 0.25) is 5.02 Å². The third-order valence-corrected chi connectivity index (χ3v) is 4.28. The average molecular weight is 244 g/mol. The topological polar surface area (TPSA) is 26.0 Å². The highest BCUT2D eigenvalue weighted by Crippen LogP contribution is 2.29. The fourth-order valence-corrected chi connectivity index (χ4v) is 2.57. The molecule has 2 N–H and O–H groups in total. The van der Waals surface area contributed by atoms with Gasteiger partial charge in [-0.15, -0.1) is 11.8 Å². The minimum Gasteiger partial charge on any atom is -0.326 e. The first-order chi connectivity index (χ1) is 7.17. The van der Waals surface area contributed by atoms with Crippen molar-refractivity contribution in [2.45, 2.75) is 31.7 Å². The van der Waals surface area contributed by atoms with Crippen molar-refractivity contribution in [1.29, 1.82) is 0 Å². The van der Waals surface area contributed by atoms with Gasteiger partial charge in [0.15, 0.2) is 0 Å². The largest absolute Gasteiger partial charge is 0.326 e. The van der Waals surface area contributed by atoms with Crippen molar-refractivity contribution < 1.29 is 0 Å². The Morgan fingerprint density at radius 1 is 1.47 bits per heavy atom. The molecule has 1 unspecified atom stereocenters. The van der Waals surface area contributed by atoms with Crippen molar-refractivity contribution in [2.75, 3.05) is 5.75 Å². The van der Waals surface area contributed by atoms with E-state index in [2.05, 4.69) is 19.9 Å². The molecule has 1 atom stereocenters. The number of benzene rings is 1. The number of thioether (sulfide) groups is 1. The molecule has 0 aliphatic carbocycles. The van der Waals surface area contributed by atoms with E-state index in [9.17, 15) is 0 Å². The number of nitrogens with two attached hydrogens (primary N) is 1. The van der Waals surface area contributed by atoms with Gasteiger partial charge in [0, 0.05) is 17.2 Å². The molecular formula is C12H18ClNS. The SMILES string of the molecule is CCC(C)CSc1ccc(CN)cc1Cl. The van der Waals surface area contributed by atoms with Gasteiger partial charge in [-0.05, 0) is 23.6 Å². The van der Waals surface area contributed by atoms with Gasteiger partial charge in [-0.3, -0.25) is 0 Å². The van der Waals surface area contributed by atoms with E-state index in [1.807, 2.05) is 23.9 Å². The summed E-state index contributed by atoms with van der Waals surface area (Å²) in [7, 11) is 0. The van der Waals surface area contributed by atoms with Crippen LogP contribution in [0, 0.1) is 5.92 Å². The highest BCUT2D eigenvalue weighted by Gasteiger charge is 2.04. The van der Waals surface area contributed by atoms with E-state index in [1.165, 1.54) is 6.42 Å². The van der Waals surface area contributed by atoms with E-state index in [-0.39, 0.29) is 0 Å². The average Bonchev–Trinajstić information content (AvgIpc) is 2.26. The Balaban J connectivity index is 2.62. The molecule has 0 fully saturated rings. The molecule has 0 spiro atoms. The normalized spacial score (nSPS) is 12.8. The van der Waals surface area contributed by atoms with Gasteiger partial charge in [0.05, 0.1) is 5.02 Å². The minimum atomic E-state index is 0.552. The lowest BCUT2D eigenvalue weighted by atomic mass is 10.2. The molecule has 15 heavy (non-hydrogen) atoms. The Morgan fingerprint density at radius 2 is 2.20 bits per heavy atom. The molecule has 0 amide bonds. The fourth-order valence-electron chi connectivity index (χ4n) is 1.14. The van der Waals surface area contributed by atoms with E-state index in [0.717, 1.165) is 27.2 Å². The van der Waals surface area contributed by atoms with Crippen molar-refractivity contribution in [3.63, 3.8) is 0 Å². The zero-order chi connectivity index (χ0) is 11.3. The summed E-state index contributed by atoms with van der Waals surface area (Å²) in [6.07, 6.45) is 1.21. The number of halogens is 1. The number of rotatable bonds is 5. The summed E-state index contributed by atoms with van der Waals surface area (Å²) >= 11 is 7.98. The first-order valence-corrected chi connectivity index (χ1v) is 6.65. The van der Waals surface area contributed by atoms with Crippen LogP contribution in [-0.2, 0) is 6.54 Å². The molecule has 84 valence electrons. The van der Waals surface area contributed by atoms with Gasteiger partial charge < -0.3 is 5.73 Å². The summed E-state index contributed by atoms with van der Waals surface area (Å²) < 4.78 is 0. The van der Waals surface area contributed by atoms with Gasteiger partial charge in [-0.1, -0.05) is 37.9 Å². The molecule has 3 heteroatoms. The van der Waals surface area contributed by atoms with Crippen LogP contribution in [0.3, 0.4) is 0 Å². The lowest BCUT2D eigenvalue weighted by Gasteiger charge is -2.09. The van der Waals surface area contributed by atoms with Gasteiger partial charge in [0.1, 0.15) is 0 Å². The van der Waals surface area contributed by atoms with E-state index >= 15 is 0 Å². The Hall–Kier alpha value is -0.180. The van der Waals surface area contributed by atoms with Crippen LogP contribution in [0.25, 0.3) is 0 Å². The minimum absolute atomic E-state index is 0.552. The van der Waals surface area contributed by atoms with Crippen LogP contribution < -0.4 is 5.73 Å². The third kappa shape index (κ3) is 4.06. The molecule has 0 saturated heterocycles. The van der Waals surface area contributed by atoms with Crippen LogP contribution in [0.15, 0.2) is 23.1 Å². The van der Waals surface area contributed by atoms with E-state index in [4.69, 9.17) is 17.3 Å². The number of hydrogen-bond acceptors (Lipinski definition) is 2. The predicted molar refractivity (Wildman–Crippen MR) is 69.5 cm³/mol. The smallest absolute Gasteiger partial charge is 0.0545 e. The standard InChI is InChI=1S/C12H18ClNS/c1-3-9(2)8-15-12-5-4-10(7-14)6-11(12)13/h4-6,9H,3,7-8,14H2,1-2H3. The van der Waals surface area contributed by atoms with Gasteiger partial charge in [0.2, 0.25) is 0 Å². The van der Waals surface area contributed by atoms with Crippen LogP contribution in [0.1, 0.15) is 25.8 Å². The Labute approximate surface area is 101 Å². The highest BCUT2D eigenvalue weighted by molar-refractivity contribution is 7.99. The van der Waals surface area contributed by atoms with E-state index in [1.54, 1.807) is 0 Å². The molecule has 0 aromatic heterocycles. The lowest BCUT2D eigenvalue weighted by molar-refractivity contribution is 0.637. The first kappa shape index (κ1) is 12.9. The van der Waals surface area contributed by atoms with Gasteiger partial charge >= 0.3 is 0 Å². The van der Waals surface area contributed by atoms with Crippen molar-refractivity contribution in [3.8, 4) is 0 Å². The summed E-state index contributed by atoms with van der Waals surface area (Å²) in [5.41, 5.74) is 6.64. The van der Waals surface area contributed by atoms with Crippen molar-refractivity contribution in [1.82, 2.24) is 0 Å². The van der Waals surface area contributed by atoms with Crippen LogP contribution in [0.5, 0.6) is 0 Å². The zero-order valence-corrected chi connectivity index (χ0v) is 10.9. The Bertz CT molecular complexity index is 314. The molecule has 0 heterocycles. The zero-order valence-electron chi connectivity index (χ0n) is 9.29. The van der Waals surface area contributed by atoms with Crippen molar-refractivity contribution >= 4 is 23.4 Å². The maximum absolute atomic E-state index is 6.16. The van der Waals surface area contributed by atoms with E-state index in [0.29, 0.717) is 6.54 Å². The second-order valence-electron chi connectivity index (χ2n) is 3.79. The summed E-state index contributed by atoms with van der Waals surface area (Å²) in [6, 6.07) is 6.07. The van der Waals surface area contributed by atoms with Gasteiger partial charge in [-0.25, -0.2) is 0 Å². The molecule has 1 aromatic rings. The van der Waals surface area contributed by atoms with Crippen molar-refractivity contribution in [3.05, 3.63) is 28.8 Å². The molecule has 1 rings (SSSR count). The van der Waals surface area contributed by atoms with Crippen LogP contribution >= 0.6 is 23.4 Å². The fraction of sp³-hybridized carbons (Fsp3) is 0.500. The van der Waals surface area contributed by atoms with Crippen LogP contribution in [-0.4, -0.2) is 5.75 Å². The molecule has 1 aromatic carbocycles. The quantitative estimate of drug-likeness (QED) is 0.793. The van der Waals surface area contributed by atoms with Crippen molar-refractivity contribution in [2.24, 2.45) is 11.7 Å². The molecule has 0 aliphatic heterocycles. The maximum Gasteiger partial charge on any atom is 0.0545 e. The summed E-state index contributed by atoms with van der Waals surface area (Å²) in [5.74, 6) is 1.86. The molecular weight excluding hydrogens is 226 g/mol. The summed E-state index contributed by atoms with van der Waals surface area (Å²) in [6.45, 7) is 5.02. The first-order valence-electron chi connectivity index (χ1n) is 5.28. The Morgan fingerprint density at radius 3 is 2.73 bits per heavy atom. The lowest BCUT2D eigenvalue weighted by Crippen LogP contribution is -1.97. The van der Waals surface area contributed by atoms with Crippen LogP contribution in [0.4, 0.5) is 0 Å². The third-order valence-electron chi connectivity index (χ3n) is 2.45. The Kier molecular flexibility index (Phi) is 5.51. The molecule has 1 nitrogen and oxygen atoms in total. The predicted octanol–water partition coefficient (Wildman–Crippen LogP) is 3.94. The van der Waals surface area contributed by atoms with Gasteiger partial charge in [0.25, 0.3) is 0 Å². The monoisotopic (exact) mass is 243 g/mol.